The molecule has 1 aliphatic rings. The van der Waals surface area contributed by atoms with Crippen molar-refractivity contribution in [3.05, 3.63) is 51.3 Å². The van der Waals surface area contributed by atoms with Crippen LogP contribution in [0.4, 0.5) is 4.79 Å². The van der Waals surface area contributed by atoms with Gasteiger partial charge >= 0.3 is 6.03 Å². The molecule has 1 aromatic heterocycles. The topological polar surface area (TPSA) is 82.3 Å². The average Bonchev–Trinajstić information content (AvgIpc) is 3.07. The van der Waals surface area contributed by atoms with Crippen LogP contribution in [0.2, 0.25) is 10.0 Å². The van der Waals surface area contributed by atoms with E-state index in [1.165, 1.54) is 0 Å². The lowest BCUT2D eigenvalue weighted by atomic mass is 10.2. The molecule has 1 aromatic carbocycles. The van der Waals surface area contributed by atoms with Crippen molar-refractivity contribution in [2.24, 2.45) is 0 Å². The molecule has 1 atom stereocenters. The predicted octanol–water partition coefficient (Wildman–Crippen LogP) is 2.73. The van der Waals surface area contributed by atoms with Crippen LogP contribution in [0.1, 0.15) is 17.0 Å². The smallest absolute Gasteiger partial charge is 0.315 e. The number of rotatable bonds is 6. The van der Waals surface area contributed by atoms with E-state index in [9.17, 15) is 4.79 Å². The zero-order valence-corrected chi connectivity index (χ0v) is 16.6. The zero-order chi connectivity index (χ0) is 19.2. The fourth-order valence-corrected chi connectivity index (χ4v) is 3.27. The summed E-state index contributed by atoms with van der Waals surface area (Å²) in [5.74, 6) is 0. The van der Waals surface area contributed by atoms with Gasteiger partial charge in [0, 0.05) is 31.9 Å². The zero-order valence-electron chi connectivity index (χ0n) is 15.1. The number of ether oxygens (including phenoxy) is 1. The standard InChI is InChI=1S/C18H23Cl2N5O2/c1-12-6-14(24-23-12)8-21-18(26)22-9-15-11-25(4-5-27-15)10-13-2-3-16(19)17(20)7-13/h2-3,6-7,15H,4-5,8-11H2,1H3,(H,23,24)(H2,21,22,26)/t15-/m0/s1. The maximum absolute atomic E-state index is 12.0. The Morgan fingerprint density at radius 3 is 2.93 bits per heavy atom. The largest absolute Gasteiger partial charge is 0.374 e. The highest BCUT2D eigenvalue weighted by molar-refractivity contribution is 6.42. The van der Waals surface area contributed by atoms with Crippen molar-refractivity contribution in [3.63, 3.8) is 0 Å². The third-order valence-electron chi connectivity index (χ3n) is 4.29. The number of carbonyl (C=O) groups is 1. The molecule has 2 amide bonds. The first-order chi connectivity index (χ1) is 13.0. The number of hydrogen-bond acceptors (Lipinski definition) is 4. The molecule has 0 spiro atoms. The first-order valence-corrected chi connectivity index (χ1v) is 9.55. The van der Waals surface area contributed by atoms with Crippen molar-refractivity contribution in [2.45, 2.75) is 26.1 Å². The number of aromatic nitrogens is 2. The first kappa shape index (κ1) is 19.9. The highest BCUT2D eigenvalue weighted by Crippen LogP contribution is 2.23. The molecule has 7 nitrogen and oxygen atoms in total. The summed E-state index contributed by atoms with van der Waals surface area (Å²) in [5, 5.41) is 13.7. The molecule has 0 radical (unpaired) electrons. The number of aryl methyl sites for hydroxylation is 1. The van der Waals surface area contributed by atoms with Crippen LogP contribution in [0.5, 0.6) is 0 Å². The Hall–Kier alpha value is -1.80. The number of H-pyrrole nitrogens is 1. The summed E-state index contributed by atoms with van der Waals surface area (Å²) >= 11 is 12.1. The van der Waals surface area contributed by atoms with Gasteiger partial charge in [-0.1, -0.05) is 29.3 Å². The lowest BCUT2D eigenvalue weighted by Crippen LogP contribution is -2.48. The van der Waals surface area contributed by atoms with Crippen molar-refractivity contribution < 1.29 is 9.53 Å². The van der Waals surface area contributed by atoms with E-state index < -0.39 is 0 Å². The van der Waals surface area contributed by atoms with Crippen LogP contribution in [0.3, 0.4) is 0 Å². The molecule has 2 heterocycles. The summed E-state index contributed by atoms with van der Waals surface area (Å²) in [5.41, 5.74) is 2.86. The van der Waals surface area contributed by atoms with Gasteiger partial charge in [0.1, 0.15) is 0 Å². The molecule has 0 bridgehead atoms. The maximum Gasteiger partial charge on any atom is 0.315 e. The second-order valence-corrected chi connectivity index (χ2v) is 7.40. The number of morpholine rings is 1. The van der Waals surface area contributed by atoms with Crippen LogP contribution in [0, 0.1) is 6.92 Å². The van der Waals surface area contributed by atoms with Crippen molar-refractivity contribution in [1.82, 2.24) is 25.7 Å². The number of aromatic amines is 1. The SMILES string of the molecule is Cc1cc(CNC(=O)NC[C@H]2CN(Cc3ccc(Cl)c(Cl)c3)CCO2)n[nH]1. The average molecular weight is 412 g/mol. The number of hydrogen-bond donors (Lipinski definition) is 3. The van der Waals surface area contributed by atoms with E-state index in [1.54, 1.807) is 0 Å². The minimum absolute atomic E-state index is 0.0556. The minimum Gasteiger partial charge on any atom is -0.374 e. The van der Waals surface area contributed by atoms with Crippen molar-refractivity contribution in [1.29, 1.82) is 0 Å². The summed E-state index contributed by atoms with van der Waals surface area (Å²) in [7, 11) is 0. The Balaban J connectivity index is 1.41. The molecule has 0 saturated carbocycles. The lowest BCUT2D eigenvalue weighted by molar-refractivity contribution is -0.0287. The summed E-state index contributed by atoms with van der Waals surface area (Å²) < 4.78 is 5.76. The van der Waals surface area contributed by atoms with Gasteiger partial charge in [0.2, 0.25) is 0 Å². The van der Waals surface area contributed by atoms with Gasteiger partial charge in [-0.05, 0) is 30.7 Å². The monoisotopic (exact) mass is 411 g/mol. The van der Waals surface area contributed by atoms with Crippen molar-refractivity contribution in [2.75, 3.05) is 26.2 Å². The molecule has 1 aliphatic heterocycles. The third-order valence-corrected chi connectivity index (χ3v) is 5.03. The summed E-state index contributed by atoms with van der Waals surface area (Å²) in [6.07, 6.45) is -0.0556. The molecular weight excluding hydrogens is 389 g/mol. The van der Waals surface area contributed by atoms with E-state index in [1.807, 2.05) is 31.2 Å². The van der Waals surface area contributed by atoms with Gasteiger partial charge in [-0.15, -0.1) is 0 Å². The van der Waals surface area contributed by atoms with Crippen molar-refractivity contribution >= 4 is 29.2 Å². The van der Waals surface area contributed by atoms with E-state index in [-0.39, 0.29) is 12.1 Å². The van der Waals surface area contributed by atoms with Crippen LogP contribution in [-0.4, -0.2) is 53.5 Å². The molecule has 146 valence electrons. The normalized spacial score (nSPS) is 17.7. The summed E-state index contributed by atoms with van der Waals surface area (Å²) in [4.78, 5) is 14.2. The third kappa shape index (κ3) is 6.10. The number of nitrogens with one attached hydrogen (secondary N) is 3. The second-order valence-electron chi connectivity index (χ2n) is 6.58. The summed E-state index contributed by atoms with van der Waals surface area (Å²) in [6.45, 7) is 5.71. The van der Waals surface area contributed by atoms with E-state index in [0.717, 1.165) is 36.6 Å². The van der Waals surface area contributed by atoms with Crippen LogP contribution in [-0.2, 0) is 17.8 Å². The molecule has 27 heavy (non-hydrogen) atoms. The quantitative estimate of drug-likeness (QED) is 0.682. The number of halogens is 2. The molecule has 0 unspecified atom stereocenters. The number of urea groups is 1. The first-order valence-electron chi connectivity index (χ1n) is 8.80. The van der Waals surface area contributed by atoms with E-state index >= 15 is 0 Å². The Morgan fingerprint density at radius 1 is 1.33 bits per heavy atom. The molecule has 3 rings (SSSR count). The van der Waals surface area contributed by atoms with Crippen LogP contribution in [0.25, 0.3) is 0 Å². The van der Waals surface area contributed by atoms with Gasteiger partial charge in [-0.3, -0.25) is 10.00 Å². The number of nitrogens with zero attached hydrogens (tertiary/aromatic N) is 2. The molecule has 3 N–H and O–H groups in total. The maximum atomic E-state index is 12.0. The Morgan fingerprint density at radius 2 is 2.19 bits per heavy atom. The van der Waals surface area contributed by atoms with Crippen LogP contribution >= 0.6 is 23.2 Å². The van der Waals surface area contributed by atoms with Gasteiger partial charge in [-0.2, -0.15) is 5.10 Å². The Kier molecular flexibility index (Phi) is 6.95. The molecule has 1 saturated heterocycles. The predicted molar refractivity (Wildman–Crippen MR) is 105 cm³/mol. The summed E-state index contributed by atoms with van der Waals surface area (Å²) in [6, 6.07) is 7.33. The fourth-order valence-electron chi connectivity index (χ4n) is 2.95. The van der Waals surface area contributed by atoms with Gasteiger partial charge < -0.3 is 15.4 Å². The lowest BCUT2D eigenvalue weighted by Gasteiger charge is -2.33. The molecule has 0 aliphatic carbocycles. The highest BCUT2D eigenvalue weighted by Gasteiger charge is 2.21. The second kappa shape index (κ2) is 9.41. The highest BCUT2D eigenvalue weighted by atomic mass is 35.5. The van der Waals surface area contributed by atoms with Gasteiger partial charge in [-0.25, -0.2) is 4.79 Å². The van der Waals surface area contributed by atoms with E-state index in [4.69, 9.17) is 27.9 Å². The number of benzene rings is 1. The van der Waals surface area contributed by atoms with Gasteiger partial charge in [0.25, 0.3) is 0 Å². The van der Waals surface area contributed by atoms with Crippen molar-refractivity contribution in [3.8, 4) is 0 Å². The van der Waals surface area contributed by atoms with Gasteiger partial charge in [0.15, 0.2) is 0 Å². The van der Waals surface area contributed by atoms with E-state index in [0.29, 0.717) is 29.7 Å². The number of amides is 2. The van der Waals surface area contributed by atoms with Crippen LogP contribution < -0.4 is 10.6 Å². The van der Waals surface area contributed by atoms with Gasteiger partial charge in [0.05, 0.1) is 35.0 Å². The molecule has 9 heteroatoms. The Labute approximate surface area is 168 Å². The molecular formula is C18H23Cl2N5O2. The Bertz CT molecular complexity index is 783. The molecule has 1 fully saturated rings. The number of carbonyl (C=O) groups excluding carboxylic acids is 1. The molecule has 2 aromatic rings. The fraction of sp³-hybridized carbons (Fsp3) is 0.444. The minimum atomic E-state index is -0.235. The van der Waals surface area contributed by atoms with Crippen LogP contribution in [0.15, 0.2) is 24.3 Å². The van der Waals surface area contributed by atoms with E-state index in [2.05, 4.69) is 25.7 Å².